The van der Waals surface area contributed by atoms with Crippen LogP contribution in [0, 0.1) is 0 Å². The average Bonchev–Trinajstić information content (AvgIpc) is 2.05. The van der Waals surface area contributed by atoms with Crippen molar-refractivity contribution in [2.24, 2.45) is 0 Å². The van der Waals surface area contributed by atoms with E-state index in [2.05, 4.69) is 37.1 Å². The fraction of sp³-hybridized carbons (Fsp3) is 0.556. The second-order valence-electron chi connectivity index (χ2n) is 2.55. The summed E-state index contributed by atoms with van der Waals surface area (Å²) in [7, 11) is 0. The van der Waals surface area contributed by atoms with Crippen LogP contribution in [0.25, 0.3) is 0 Å². The van der Waals surface area contributed by atoms with Gasteiger partial charge in [-0.2, -0.15) is 0 Å². The zero-order valence-electron chi connectivity index (χ0n) is 6.80. The van der Waals surface area contributed by atoms with E-state index in [-0.39, 0.29) is 0 Å². The summed E-state index contributed by atoms with van der Waals surface area (Å²) < 4.78 is 0. The molecule has 0 aromatic rings. The molecule has 10 heavy (non-hydrogen) atoms. The molecule has 0 aliphatic carbocycles. The van der Waals surface area contributed by atoms with Crippen molar-refractivity contribution in [3.63, 3.8) is 0 Å². The van der Waals surface area contributed by atoms with Crippen molar-refractivity contribution in [3.05, 3.63) is 23.9 Å². The molecule has 1 aliphatic heterocycles. The summed E-state index contributed by atoms with van der Waals surface area (Å²) in [5.74, 6) is 0. The van der Waals surface area contributed by atoms with E-state index in [0.717, 1.165) is 19.5 Å². The summed E-state index contributed by atoms with van der Waals surface area (Å²) in [6, 6.07) is 0. The van der Waals surface area contributed by atoms with Gasteiger partial charge >= 0.3 is 0 Å². The monoisotopic (exact) mass is 137 g/mol. The largest absolute Gasteiger partial charge is 0.374 e. The first-order valence-corrected chi connectivity index (χ1v) is 3.98. The third kappa shape index (κ3) is 1.63. The SMILES string of the molecule is CCC1=CN(CC)CC=C1. The van der Waals surface area contributed by atoms with Gasteiger partial charge < -0.3 is 4.90 Å². The van der Waals surface area contributed by atoms with E-state index in [0.29, 0.717) is 0 Å². The van der Waals surface area contributed by atoms with Gasteiger partial charge in [0.05, 0.1) is 0 Å². The van der Waals surface area contributed by atoms with Crippen molar-refractivity contribution in [1.29, 1.82) is 0 Å². The van der Waals surface area contributed by atoms with Crippen molar-refractivity contribution >= 4 is 0 Å². The summed E-state index contributed by atoms with van der Waals surface area (Å²) in [6.07, 6.45) is 7.83. The Morgan fingerprint density at radius 3 is 2.90 bits per heavy atom. The second kappa shape index (κ2) is 3.45. The molecule has 0 unspecified atom stereocenters. The highest BCUT2D eigenvalue weighted by Crippen LogP contribution is 2.09. The third-order valence-corrected chi connectivity index (χ3v) is 1.83. The Kier molecular flexibility index (Phi) is 2.55. The molecule has 1 aliphatic rings. The highest BCUT2D eigenvalue weighted by molar-refractivity contribution is 5.21. The predicted octanol–water partition coefficient (Wildman–Crippen LogP) is 2.17. The number of allylic oxidation sites excluding steroid dienone is 2. The van der Waals surface area contributed by atoms with E-state index in [1.165, 1.54) is 5.57 Å². The molecule has 0 fully saturated rings. The van der Waals surface area contributed by atoms with E-state index in [4.69, 9.17) is 0 Å². The predicted molar refractivity (Wildman–Crippen MR) is 44.8 cm³/mol. The van der Waals surface area contributed by atoms with Crippen molar-refractivity contribution in [1.82, 2.24) is 4.90 Å². The van der Waals surface area contributed by atoms with Crippen molar-refractivity contribution in [2.45, 2.75) is 20.3 Å². The Labute approximate surface area is 63.0 Å². The molecule has 1 rings (SSSR count). The van der Waals surface area contributed by atoms with E-state index in [9.17, 15) is 0 Å². The van der Waals surface area contributed by atoms with Gasteiger partial charge in [0.2, 0.25) is 0 Å². The maximum Gasteiger partial charge on any atom is 0.0357 e. The first-order chi connectivity index (χ1) is 4.86. The van der Waals surface area contributed by atoms with Crippen LogP contribution in [0.1, 0.15) is 20.3 Å². The van der Waals surface area contributed by atoms with Crippen LogP contribution in [-0.4, -0.2) is 18.0 Å². The molecular formula is C9H15N. The first-order valence-electron chi connectivity index (χ1n) is 3.98. The maximum absolute atomic E-state index is 2.32. The second-order valence-corrected chi connectivity index (χ2v) is 2.55. The molecule has 0 saturated heterocycles. The van der Waals surface area contributed by atoms with Crippen LogP contribution < -0.4 is 0 Å². The molecule has 0 aromatic carbocycles. The number of likely N-dealkylation sites (N-methyl/N-ethyl adjacent to an activating group) is 1. The van der Waals surface area contributed by atoms with Gasteiger partial charge in [-0.3, -0.25) is 0 Å². The average molecular weight is 137 g/mol. The molecule has 1 heteroatoms. The molecule has 0 aromatic heterocycles. The zero-order chi connectivity index (χ0) is 7.40. The highest BCUT2D eigenvalue weighted by atomic mass is 15.1. The summed E-state index contributed by atoms with van der Waals surface area (Å²) in [5.41, 5.74) is 1.44. The van der Waals surface area contributed by atoms with E-state index in [1.54, 1.807) is 0 Å². The molecule has 0 spiro atoms. The van der Waals surface area contributed by atoms with Gasteiger partial charge in [0.25, 0.3) is 0 Å². The van der Waals surface area contributed by atoms with E-state index >= 15 is 0 Å². The van der Waals surface area contributed by atoms with Crippen LogP contribution in [0.2, 0.25) is 0 Å². The van der Waals surface area contributed by atoms with Gasteiger partial charge in [0.15, 0.2) is 0 Å². The molecule has 0 atom stereocenters. The third-order valence-electron chi connectivity index (χ3n) is 1.83. The van der Waals surface area contributed by atoms with Gasteiger partial charge in [0, 0.05) is 19.3 Å². The fourth-order valence-electron chi connectivity index (χ4n) is 1.10. The van der Waals surface area contributed by atoms with Gasteiger partial charge in [0.1, 0.15) is 0 Å². The summed E-state index contributed by atoms with van der Waals surface area (Å²) in [6.45, 7) is 6.58. The van der Waals surface area contributed by atoms with Crippen LogP contribution in [0.15, 0.2) is 23.9 Å². The van der Waals surface area contributed by atoms with Crippen LogP contribution >= 0.6 is 0 Å². The van der Waals surface area contributed by atoms with Gasteiger partial charge in [-0.25, -0.2) is 0 Å². The summed E-state index contributed by atoms with van der Waals surface area (Å²) >= 11 is 0. The number of hydrogen-bond acceptors (Lipinski definition) is 1. The van der Waals surface area contributed by atoms with Crippen molar-refractivity contribution < 1.29 is 0 Å². The quantitative estimate of drug-likeness (QED) is 0.564. The normalized spacial score (nSPS) is 17.4. The molecule has 1 nitrogen and oxygen atoms in total. The van der Waals surface area contributed by atoms with Crippen molar-refractivity contribution in [3.8, 4) is 0 Å². The molecule has 0 saturated carbocycles. The standard InChI is InChI=1S/C9H15N/c1-3-9-6-5-7-10(4-2)8-9/h5-6,8H,3-4,7H2,1-2H3. The fourth-order valence-corrected chi connectivity index (χ4v) is 1.10. The topological polar surface area (TPSA) is 3.24 Å². The number of hydrogen-bond donors (Lipinski definition) is 0. The lowest BCUT2D eigenvalue weighted by atomic mass is 10.1. The Morgan fingerprint density at radius 2 is 2.30 bits per heavy atom. The molecule has 56 valence electrons. The lowest BCUT2D eigenvalue weighted by Crippen LogP contribution is -2.19. The molecule has 0 N–H and O–H groups in total. The van der Waals surface area contributed by atoms with E-state index < -0.39 is 0 Å². The molecule has 0 radical (unpaired) electrons. The molecule has 1 heterocycles. The molecular weight excluding hydrogens is 122 g/mol. The summed E-state index contributed by atoms with van der Waals surface area (Å²) in [5, 5.41) is 0. The minimum absolute atomic E-state index is 1.08. The number of nitrogens with zero attached hydrogens (tertiary/aromatic N) is 1. The maximum atomic E-state index is 2.32. The highest BCUT2D eigenvalue weighted by Gasteiger charge is 1.99. The summed E-state index contributed by atoms with van der Waals surface area (Å²) in [4.78, 5) is 2.32. The molecule has 0 bridgehead atoms. The van der Waals surface area contributed by atoms with Crippen LogP contribution in [0.5, 0.6) is 0 Å². The van der Waals surface area contributed by atoms with Crippen LogP contribution in [-0.2, 0) is 0 Å². The minimum atomic E-state index is 1.08. The first kappa shape index (κ1) is 7.39. The van der Waals surface area contributed by atoms with Crippen molar-refractivity contribution in [2.75, 3.05) is 13.1 Å². The van der Waals surface area contributed by atoms with Gasteiger partial charge in [-0.15, -0.1) is 0 Å². The van der Waals surface area contributed by atoms with Crippen LogP contribution in [0.4, 0.5) is 0 Å². The zero-order valence-corrected chi connectivity index (χ0v) is 6.80. The lowest BCUT2D eigenvalue weighted by Gasteiger charge is -2.20. The van der Waals surface area contributed by atoms with Gasteiger partial charge in [-0.05, 0) is 18.9 Å². The van der Waals surface area contributed by atoms with E-state index in [1.807, 2.05) is 0 Å². The Bertz CT molecular complexity index is 156. The van der Waals surface area contributed by atoms with Crippen LogP contribution in [0.3, 0.4) is 0 Å². The lowest BCUT2D eigenvalue weighted by molar-refractivity contribution is 0.431. The Balaban J connectivity index is 2.56. The smallest absolute Gasteiger partial charge is 0.0357 e. The minimum Gasteiger partial charge on any atom is -0.374 e. The van der Waals surface area contributed by atoms with Gasteiger partial charge in [-0.1, -0.05) is 19.1 Å². The molecule has 0 amide bonds. The number of rotatable bonds is 2. The Hall–Kier alpha value is -0.720. The Morgan fingerprint density at radius 1 is 1.50 bits per heavy atom.